The third-order valence-corrected chi connectivity index (χ3v) is 3.11. The molecular weight excluding hydrogens is 174 g/mol. The molecule has 3 rings (SSSR count). The molecule has 74 valence electrons. The standard InChI is InChI=1S/C12H15NO/c1-9-7-10-3-2-4-13-5-6-14-11(8-9)12(10)13/h7-8H,2-6H2,1H3. The van der Waals surface area contributed by atoms with Crippen LogP contribution in [0.5, 0.6) is 5.75 Å². The summed E-state index contributed by atoms with van der Waals surface area (Å²) < 4.78 is 5.71. The summed E-state index contributed by atoms with van der Waals surface area (Å²) in [7, 11) is 0. The molecule has 1 aromatic rings. The highest BCUT2D eigenvalue weighted by Crippen LogP contribution is 2.39. The first kappa shape index (κ1) is 8.16. The quantitative estimate of drug-likeness (QED) is 0.620. The van der Waals surface area contributed by atoms with Gasteiger partial charge in [-0.25, -0.2) is 0 Å². The number of aryl methyl sites for hydroxylation is 2. The number of rotatable bonds is 0. The lowest BCUT2D eigenvalue weighted by Gasteiger charge is -2.36. The van der Waals surface area contributed by atoms with Gasteiger partial charge in [0.1, 0.15) is 12.4 Å². The third-order valence-electron chi connectivity index (χ3n) is 3.11. The van der Waals surface area contributed by atoms with Crippen molar-refractivity contribution in [1.82, 2.24) is 0 Å². The fourth-order valence-corrected chi connectivity index (χ4v) is 2.54. The van der Waals surface area contributed by atoms with Crippen molar-refractivity contribution in [3.8, 4) is 5.75 Å². The maximum absolute atomic E-state index is 5.71. The first-order chi connectivity index (χ1) is 6.84. The number of ether oxygens (including phenoxy) is 1. The summed E-state index contributed by atoms with van der Waals surface area (Å²) in [5.74, 6) is 1.10. The first-order valence-corrected chi connectivity index (χ1v) is 5.36. The Morgan fingerprint density at radius 2 is 2.21 bits per heavy atom. The highest BCUT2D eigenvalue weighted by molar-refractivity contribution is 5.67. The second-order valence-electron chi connectivity index (χ2n) is 4.21. The van der Waals surface area contributed by atoms with Gasteiger partial charge in [0.25, 0.3) is 0 Å². The van der Waals surface area contributed by atoms with Crippen LogP contribution in [0.4, 0.5) is 5.69 Å². The van der Waals surface area contributed by atoms with Gasteiger partial charge in [-0.2, -0.15) is 0 Å². The van der Waals surface area contributed by atoms with E-state index in [4.69, 9.17) is 4.74 Å². The predicted octanol–water partition coefficient (Wildman–Crippen LogP) is 2.14. The minimum atomic E-state index is 0.843. The number of hydrogen-bond donors (Lipinski definition) is 0. The first-order valence-electron chi connectivity index (χ1n) is 5.36. The molecule has 0 saturated carbocycles. The number of anilines is 1. The molecule has 14 heavy (non-hydrogen) atoms. The Morgan fingerprint density at radius 3 is 3.14 bits per heavy atom. The Balaban J connectivity index is 2.20. The highest BCUT2D eigenvalue weighted by atomic mass is 16.5. The van der Waals surface area contributed by atoms with Crippen LogP contribution in [0.15, 0.2) is 12.1 Å². The molecule has 0 aliphatic carbocycles. The summed E-state index contributed by atoms with van der Waals surface area (Å²) in [6.45, 7) is 5.25. The van der Waals surface area contributed by atoms with E-state index in [0.29, 0.717) is 0 Å². The van der Waals surface area contributed by atoms with Gasteiger partial charge in [-0.1, -0.05) is 6.07 Å². The fourth-order valence-electron chi connectivity index (χ4n) is 2.54. The molecule has 0 fully saturated rings. The zero-order valence-electron chi connectivity index (χ0n) is 8.55. The van der Waals surface area contributed by atoms with Crippen LogP contribution in [0.3, 0.4) is 0 Å². The smallest absolute Gasteiger partial charge is 0.143 e. The van der Waals surface area contributed by atoms with Gasteiger partial charge >= 0.3 is 0 Å². The van der Waals surface area contributed by atoms with Crippen LogP contribution in [0.2, 0.25) is 0 Å². The summed E-state index contributed by atoms with van der Waals surface area (Å²) in [5, 5.41) is 0. The van der Waals surface area contributed by atoms with Crippen LogP contribution in [0, 0.1) is 6.92 Å². The van der Waals surface area contributed by atoms with Crippen molar-refractivity contribution < 1.29 is 4.74 Å². The average molecular weight is 189 g/mol. The van der Waals surface area contributed by atoms with E-state index >= 15 is 0 Å². The molecule has 0 N–H and O–H groups in total. The number of nitrogens with zero attached hydrogens (tertiary/aromatic N) is 1. The largest absolute Gasteiger partial charge is 0.490 e. The van der Waals surface area contributed by atoms with E-state index in [2.05, 4.69) is 24.0 Å². The van der Waals surface area contributed by atoms with E-state index in [1.807, 2.05) is 0 Å². The van der Waals surface area contributed by atoms with Crippen LogP contribution in [-0.2, 0) is 6.42 Å². The molecule has 0 unspecified atom stereocenters. The molecule has 0 amide bonds. The second-order valence-corrected chi connectivity index (χ2v) is 4.21. The van der Waals surface area contributed by atoms with Gasteiger partial charge in [0, 0.05) is 6.54 Å². The Morgan fingerprint density at radius 1 is 1.29 bits per heavy atom. The molecule has 2 heteroatoms. The Labute approximate surface area is 84.5 Å². The molecule has 0 aromatic heterocycles. The molecule has 2 nitrogen and oxygen atoms in total. The molecule has 2 aliphatic heterocycles. The third kappa shape index (κ3) is 1.10. The Bertz CT molecular complexity index is 342. The molecule has 2 heterocycles. The van der Waals surface area contributed by atoms with Gasteiger partial charge in [-0.15, -0.1) is 0 Å². The summed E-state index contributed by atoms with van der Waals surface area (Å²) in [6, 6.07) is 4.47. The van der Waals surface area contributed by atoms with Crippen LogP contribution in [-0.4, -0.2) is 19.7 Å². The summed E-state index contributed by atoms with van der Waals surface area (Å²) in [5.41, 5.74) is 4.17. The Kier molecular flexibility index (Phi) is 1.69. The van der Waals surface area contributed by atoms with E-state index in [9.17, 15) is 0 Å². The zero-order valence-corrected chi connectivity index (χ0v) is 8.55. The van der Waals surface area contributed by atoms with Gasteiger partial charge < -0.3 is 9.64 Å². The van der Waals surface area contributed by atoms with E-state index in [-0.39, 0.29) is 0 Å². The van der Waals surface area contributed by atoms with E-state index in [1.54, 1.807) is 0 Å². The van der Waals surface area contributed by atoms with E-state index < -0.39 is 0 Å². The molecule has 0 atom stereocenters. The van der Waals surface area contributed by atoms with Gasteiger partial charge in [0.15, 0.2) is 0 Å². The lowest BCUT2D eigenvalue weighted by atomic mass is 9.98. The second kappa shape index (κ2) is 2.91. The van der Waals surface area contributed by atoms with E-state index in [1.165, 1.54) is 36.2 Å². The van der Waals surface area contributed by atoms with Crippen molar-refractivity contribution in [2.24, 2.45) is 0 Å². The Hall–Kier alpha value is -1.18. The highest BCUT2D eigenvalue weighted by Gasteiger charge is 2.24. The van der Waals surface area contributed by atoms with Crippen molar-refractivity contribution >= 4 is 5.69 Å². The number of benzene rings is 1. The van der Waals surface area contributed by atoms with Gasteiger partial charge in [-0.3, -0.25) is 0 Å². The maximum Gasteiger partial charge on any atom is 0.143 e. The molecule has 0 bridgehead atoms. The van der Waals surface area contributed by atoms with Crippen LogP contribution in [0.1, 0.15) is 17.5 Å². The minimum absolute atomic E-state index is 0.843. The van der Waals surface area contributed by atoms with Gasteiger partial charge in [0.05, 0.1) is 12.2 Å². The predicted molar refractivity (Wildman–Crippen MR) is 57.2 cm³/mol. The monoisotopic (exact) mass is 189 g/mol. The van der Waals surface area contributed by atoms with Gasteiger partial charge in [-0.05, 0) is 37.0 Å². The fraction of sp³-hybridized carbons (Fsp3) is 0.500. The van der Waals surface area contributed by atoms with Crippen LogP contribution in [0.25, 0.3) is 0 Å². The van der Waals surface area contributed by atoms with Crippen molar-refractivity contribution in [3.05, 3.63) is 23.3 Å². The normalized spacial score (nSPS) is 18.8. The molecule has 0 radical (unpaired) electrons. The molecular formula is C12H15NO. The summed E-state index contributed by atoms with van der Waals surface area (Å²) >= 11 is 0. The van der Waals surface area contributed by atoms with Gasteiger partial charge in [0.2, 0.25) is 0 Å². The topological polar surface area (TPSA) is 12.5 Å². The van der Waals surface area contributed by atoms with Crippen molar-refractivity contribution in [3.63, 3.8) is 0 Å². The van der Waals surface area contributed by atoms with Crippen molar-refractivity contribution in [1.29, 1.82) is 0 Å². The lowest BCUT2D eigenvalue weighted by molar-refractivity contribution is 0.304. The minimum Gasteiger partial charge on any atom is -0.490 e. The summed E-state index contributed by atoms with van der Waals surface area (Å²) in [6.07, 6.45) is 2.50. The molecule has 0 spiro atoms. The summed E-state index contributed by atoms with van der Waals surface area (Å²) in [4.78, 5) is 2.47. The van der Waals surface area contributed by atoms with Crippen LogP contribution < -0.4 is 9.64 Å². The lowest BCUT2D eigenvalue weighted by Crippen LogP contribution is -2.36. The van der Waals surface area contributed by atoms with E-state index in [0.717, 1.165) is 18.9 Å². The zero-order chi connectivity index (χ0) is 9.54. The van der Waals surface area contributed by atoms with Crippen LogP contribution >= 0.6 is 0 Å². The SMILES string of the molecule is Cc1cc2c3c(c1)OCCN3CCC2. The maximum atomic E-state index is 5.71. The molecule has 2 aliphatic rings. The number of hydrogen-bond acceptors (Lipinski definition) is 2. The molecule has 0 saturated heterocycles. The van der Waals surface area contributed by atoms with Crippen molar-refractivity contribution in [2.75, 3.05) is 24.6 Å². The van der Waals surface area contributed by atoms with Crippen molar-refractivity contribution in [2.45, 2.75) is 19.8 Å². The average Bonchev–Trinajstić information content (AvgIpc) is 2.18. The molecule has 1 aromatic carbocycles.